The number of aromatic nitrogens is 3. The number of thiophene rings is 1. The molecule has 0 aromatic carbocycles. The highest BCUT2D eigenvalue weighted by atomic mass is 127. The molecule has 176 valence electrons. The van der Waals surface area contributed by atoms with Gasteiger partial charge < -0.3 is 14.8 Å². The number of carbonyl (C=O) groups is 2. The fraction of sp³-hybridized carbons (Fsp3) is 0.435. The molecule has 9 nitrogen and oxygen atoms in total. The maximum Gasteiger partial charge on any atom is 0.264 e. The third-order valence-corrected chi connectivity index (χ3v) is 8.09. The van der Waals surface area contributed by atoms with Crippen molar-refractivity contribution in [1.82, 2.24) is 19.9 Å². The molecule has 2 aliphatic rings. The molecular formula is C23H24IN7O2S. The average molecular weight is 589 g/mol. The zero-order valence-corrected chi connectivity index (χ0v) is 21.5. The second kappa shape index (κ2) is 9.50. The summed E-state index contributed by atoms with van der Waals surface area (Å²) >= 11 is 3.51. The largest absolute Gasteiger partial charge is 0.353 e. The van der Waals surface area contributed by atoms with Crippen molar-refractivity contribution in [2.45, 2.75) is 37.6 Å². The first kappa shape index (κ1) is 23.0. The number of nitriles is 1. The van der Waals surface area contributed by atoms with Crippen molar-refractivity contribution in [3.63, 3.8) is 0 Å². The Balaban J connectivity index is 1.41. The summed E-state index contributed by atoms with van der Waals surface area (Å²) in [5, 5.41) is 12.9. The normalized spacial score (nSPS) is 16.9. The maximum atomic E-state index is 13.3. The molecule has 1 aliphatic heterocycles. The zero-order valence-electron chi connectivity index (χ0n) is 18.5. The van der Waals surface area contributed by atoms with Gasteiger partial charge in [-0.3, -0.25) is 14.9 Å². The van der Waals surface area contributed by atoms with Crippen molar-refractivity contribution < 1.29 is 9.59 Å². The summed E-state index contributed by atoms with van der Waals surface area (Å²) in [5.41, 5.74) is 0.445. The van der Waals surface area contributed by atoms with Crippen molar-refractivity contribution in [2.75, 3.05) is 34.3 Å². The fourth-order valence-electron chi connectivity index (χ4n) is 4.53. The molecule has 1 spiro atoms. The Bertz CT molecular complexity index is 1280. The Labute approximate surface area is 214 Å². The van der Waals surface area contributed by atoms with Crippen LogP contribution in [0, 0.1) is 11.3 Å². The molecule has 34 heavy (non-hydrogen) atoms. The van der Waals surface area contributed by atoms with E-state index in [2.05, 4.69) is 48.8 Å². The van der Waals surface area contributed by atoms with Gasteiger partial charge in [0, 0.05) is 36.7 Å². The predicted molar refractivity (Wildman–Crippen MR) is 140 cm³/mol. The topological polar surface area (TPSA) is 118 Å². The van der Waals surface area contributed by atoms with Crippen LogP contribution in [0.15, 0.2) is 24.4 Å². The van der Waals surface area contributed by atoms with Gasteiger partial charge in [-0.2, -0.15) is 15.2 Å². The molecule has 2 fully saturated rings. The Kier molecular flexibility index (Phi) is 6.44. The van der Waals surface area contributed by atoms with Gasteiger partial charge in [0.1, 0.15) is 22.4 Å². The molecule has 1 aliphatic carbocycles. The van der Waals surface area contributed by atoms with Crippen molar-refractivity contribution in [3.05, 3.63) is 34.2 Å². The van der Waals surface area contributed by atoms with E-state index in [-0.39, 0.29) is 17.4 Å². The Morgan fingerprint density at radius 2 is 2.12 bits per heavy atom. The van der Waals surface area contributed by atoms with Crippen LogP contribution in [0.5, 0.6) is 0 Å². The van der Waals surface area contributed by atoms with E-state index in [0.29, 0.717) is 40.9 Å². The number of H-pyrrole nitrogens is 1. The average Bonchev–Trinajstić information content (AvgIpc) is 3.26. The summed E-state index contributed by atoms with van der Waals surface area (Å²) in [6.45, 7) is 2.09. The standard InChI is InChI=1S/C23H24IN7O2S/c24-9-1-3-18(32)27-22-28-19-16(6-10-26-19)20(29-22)30-11-2-12-31(23(14-30)7-8-23)21(33)17-5-4-15(13-25)34-17/h4-6,10H,1-3,7-9,11-12,14H2,(H2,26,27,28,29,32). The molecule has 1 saturated carbocycles. The second-order valence-corrected chi connectivity index (χ2v) is 10.8. The summed E-state index contributed by atoms with van der Waals surface area (Å²) in [7, 11) is 0. The smallest absolute Gasteiger partial charge is 0.264 e. The number of anilines is 2. The minimum Gasteiger partial charge on any atom is -0.353 e. The van der Waals surface area contributed by atoms with Gasteiger partial charge in [0.25, 0.3) is 5.91 Å². The third-order valence-electron chi connectivity index (χ3n) is 6.35. The monoisotopic (exact) mass is 589 g/mol. The summed E-state index contributed by atoms with van der Waals surface area (Å²) in [5.74, 6) is 0.989. The van der Waals surface area contributed by atoms with Gasteiger partial charge in [0.05, 0.1) is 15.8 Å². The number of aromatic amines is 1. The predicted octanol–water partition coefficient (Wildman–Crippen LogP) is 3.93. The van der Waals surface area contributed by atoms with Crippen LogP contribution in [0.3, 0.4) is 0 Å². The van der Waals surface area contributed by atoms with E-state index in [1.165, 1.54) is 11.3 Å². The number of carbonyl (C=O) groups excluding carboxylic acids is 2. The molecule has 4 heterocycles. The number of fused-ring (bicyclic) bond motifs is 1. The molecule has 11 heteroatoms. The lowest BCUT2D eigenvalue weighted by molar-refractivity contribution is -0.116. The van der Waals surface area contributed by atoms with E-state index in [1.807, 2.05) is 17.2 Å². The Morgan fingerprint density at radius 1 is 1.26 bits per heavy atom. The minimum atomic E-state index is -0.234. The number of nitrogens with one attached hydrogen (secondary N) is 2. The first-order valence-electron chi connectivity index (χ1n) is 11.3. The Morgan fingerprint density at radius 3 is 2.85 bits per heavy atom. The number of rotatable bonds is 6. The molecule has 0 radical (unpaired) electrons. The van der Waals surface area contributed by atoms with Crippen LogP contribution >= 0.6 is 33.9 Å². The number of alkyl halides is 1. The fourth-order valence-corrected chi connectivity index (χ4v) is 5.66. The quantitative estimate of drug-likeness (QED) is 0.333. The molecular weight excluding hydrogens is 565 g/mol. The van der Waals surface area contributed by atoms with Crippen LogP contribution in [-0.4, -0.2) is 61.3 Å². The van der Waals surface area contributed by atoms with Crippen LogP contribution < -0.4 is 10.2 Å². The first-order valence-corrected chi connectivity index (χ1v) is 13.6. The lowest BCUT2D eigenvalue weighted by Gasteiger charge is -2.32. The van der Waals surface area contributed by atoms with E-state index < -0.39 is 0 Å². The van der Waals surface area contributed by atoms with Gasteiger partial charge in [0.2, 0.25) is 11.9 Å². The summed E-state index contributed by atoms with van der Waals surface area (Å²) in [6.07, 6.45) is 5.75. The lowest BCUT2D eigenvalue weighted by Crippen LogP contribution is -2.46. The van der Waals surface area contributed by atoms with Crippen LogP contribution in [0.2, 0.25) is 0 Å². The number of nitrogens with zero attached hydrogens (tertiary/aromatic N) is 5. The summed E-state index contributed by atoms with van der Waals surface area (Å²) < 4.78 is 0.918. The van der Waals surface area contributed by atoms with Gasteiger partial charge in [-0.1, -0.05) is 22.6 Å². The maximum absolute atomic E-state index is 13.3. The highest BCUT2D eigenvalue weighted by Gasteiger charge is 2.52. The Hall–Kier alpha value is -2.72. The summed E-state index contributed by atoms with van der Waals surface area (Å²) in [6, 6.07) is 7.54. The van der Waals surface area contributed by atoms with E-state index in [4.69, 9.17) is 10.2 Å². The van der Waals surface area contributed by atoms with Crippen molar-refractivity contribution in [2.24, 2.45) is 0 Å². The van der Waals surface area contributed by atoms with E-state index >= 15 is 0 Å². The molecule has 0 atom stereocenters. The SMILES string of the molecule is N#Cc1ccc(C(=O)N2CCCN(c3nc(NC(=O)CCCI)nc4[nH]ccc34)CC23CC3)s1. The second-order valence-electron chi connectivity index (χ2n) is 8.68. The molecule has 0 unspecified atom stereocenters. The molecule has 3 aromatic heterocycles. The molecule has 0 bridgehead atoms. The van der Waals surface area contributed by atoms with Crippen molar-refractivity contribution >= 4 is 68.5 Å². The molecule has 3 aromatic rings. The number of hydrogen-bond donors (Lipinski definition) is 2. The molecule has 2 N–H and O–H groups in total. The highest BCUT2D eigenvalue weighted by molar-refractivity contribution is 14.1. The van der Waals surface area contributed by atoms with Crippen LogP contribution in [0.1, 0.15) is 46.7 Å². The van der Waals surface area contributed by atoms with Crippen LogP contribution in [0.25, 0.3) is 11.0 Å². The van der Waals surface area contributed by atoms with Crippen LogP contribution in [-0.2, 0) is 4.79 Å². The number of amides is 2. The van der Waals surface area contributed by atoms with Gasteiger partial charge in [-0.25, -0.2) is 0 Å². The molecule has 5 rings (SSSR count). The first-order chi connectivity index (χ1) is 16.5. The van der Waals surface area contributed by atoms with E-state index in [0.717, 1.165) is 47.9 Å². The van der Waals surface area contributed by atoms with Gasteiger partial charge >= 0.3 is 0 Å². The van der Waals surface area contributed by atoms with Crippen LogP contribution in [0.4, 0.5) is 11.8 Å². The van der Waals surface area contributed by atoms with Gasteiger partial charge in [-0.15, -0.1) is 11.3 Å². The van der Waals surface area contributed by atoms with E-state index in [9.17, 15) is 9.59 Å². The van der Waals surface area contributed by atoms with Gasteiger partial charge in [0.15, 0.2) is 0 Å². The number of hydrogen-bond acceptors (Lipinski definition) is 7. The minimum absolute atomic E-state index is 0.00328. The number of halogens is 1. The van der Waals surface area contributed by atoms with Gasteiger partial charge in [-0.05, 0) is 43.9 Å². The summed E-state index contributed by atoms with van der Waals surface area (Å²) in [4.78, 5) is 43.4. The molecule has 1 saturated heterocycles. The molecule has 2 amide bonds. The lowest BCUT2D eigenvalue weighted by atomic mass is 10.2. The zero-order chi connectivity index (χ0) is 23.7. The van der Waals surface area contributed by atoms with Crippen molar-refractivity contribution in [3.8, 4) is 6.07 Å². The van der Waals surface area contributed by atoms with Crippen molar-refractivity contribution in [1.29, 1.82) is 5.26 Å². The third kappa shape index (κ3) is 4.48. The highest BCUT2D eigenvalue weighted by Crippen LogP contribution is 2.46. The van der Waals surface area contributed by atoms with E-state index in [1.54, 1.807) is 12.1 Å².